The molecule has 0 aliphatic carbocycles. The van der Waals surface area contributed by atoms with Gasteiger partial charge in [-0.2, -0.15) is 0 Å². The Hall–Kier alpha value is -0.570. The van der Waals surface area contributed by atoms with Crippen LogP contribution in [0.5, 0.6) is 0 Å². The standard InChI is InChI=1S/C5H9O3/c1-5(2,7)3-8-4-6/h7H,3H2,1-2H3. The van der Waals surface area contributed by atoms with Crippen LogP contribution < -0.4 is 0 Å². The van der Waals surface area contributed by atoms with E-state index in [4.69, 9.17) is 5.11 Å². The third-order valence-electron chi connectivity index (χ3n) is 0.484. The van der Waals surface area contributed by atoms with Gasteiger partial charge in [0, 0.05) is 0 Å². The van der Waals surface area contributed by atoms with Gasteiger partial charge in [0.25, 0.3) is 0 Å². The van der Waals surface area contributed by atoms with E-state index >= 15 is 0 Å². The molecule has 0 aromatic heterocycles. The van der Waals surface area contributed by atoms with Crippen LogP contribution in [0.4, 0.5) is 0 Å². The van der Waals surface area contributed by atoms with Gasteiger partial charge in [0.2, 0.25) is 0 Å². The summed E-state index contributed by atoms with van der Waals surface area (Å²) in [6, 6.07) is 0. The highest BCUT2D eigenvalue weighted by molar-refractivity contribution is 5.38. The molecular formula is C5H9O3. The predicted octanol–water partition coefficient (Wildman–Crippen LogP) is -0.159. The second-order valence-corrected chi connectivity index (χ2v) is 2.18. The average molecular weight is 117 g/mol. The van der Waals surface area contributed by atoms with Crippen molar-refractivity contribution in [2.24, 2.45) is 0 Å². The van der Waals surface area contributed by atoms with Crippen molar-refractivity contribution in [2.45, 2.75) is 19.4 Å². The number of carbonyl (C=O) groups excluding carboxylic acids is 1. The molecule has 0 amide bonds. The Morgan fingerprint density at radius 2 is 2.25 bits per heavy atom. The van der Waals surface area contributed by atoms with E-state index in [1.54, 1.807) is 13.8 Å². The molecule has 0 rings (SSSR count). The van der Waals surface area contributed by atoms with Gasteiger partial charge in [-0.05, 0) is 13.8 Å². The third-order valence-corrected chi connectivity index (χ3v) is 0.484. The molecule has 0 unspecified atom stereocenters. The van der Waals surface area contributed by atoms with Crippen molar-refractivity contribution in [2.75, 3.05) is 6.61 Å². The Bertz CT molecular complexity index is 72.2. The van der Waals surface area contributed by atoms with Gasteiger partial charge in [-0.25, -0.2) is 4.79 Å². The van der Waals surface area contributed by atoms with Gasteiger partial charge in [-0.15, -0.1) is 0 Å². The van der Waals surface area contributed by atoms with Gasteiger partial charge in [0.15, 0.2) is 0 Å². The highest BCUT2D eigenvalue weighted by atomic mass is 16.5. The van der Waals surface area contributed by atoms with Crippen molar-refractivity contribution >= 4 is 6.47 Å². The molecule has 0 aliphatic rings. The largest absolute Gasteiger partial charge is 0.454 e. The van der Waals surface area contributed by atoms with Crippen LogP contribution in [-0.4, -0.2) is 23.8 Å². The van der Waals surface area contributed by atoms with Crippen LogP contribution in [0.3, 0.4) is 0 Å². The molecule has 0 aromatic rings. The summed E-state index contributed by atoms with van der Waals surface area (Å²) in [5.41, 5.74) is -0.933. The summed E-state index contributed by atoms with van der Waals surface area (Å²) in [5.74, 6) is 0. The zero-order chi connectivity index (χ0) is 6.62. The van der Waals surface area contributed by atoms with Crippen molar-refractivity contribution in [1.29, 1.82) is 0 Å². The zero-order valence-corrected chi connectivity index (χ0v) is 4.97. The van der Waals surface area contributed by atoms with Crippen LogP contribution >= 0.6 is 0 Å². The van der Waals surface area contributed by atoms with Crippen LogP contribution in [0, 0.1) is 0 Å². The van der Waals surface area contributed by atoms with Gasteiger partial charge in [0.1, 0.15) is 6.61 Å². The highest BCUT2D eigenvalue weighted by Crippen LogP contribution is 1.98. The minimum atomic E-state index is -0.933. The van der Waals surface area contributed by atoms with E-state index in [0.717, 1.165) is 0 Å². The van der Waals surface area contributed by atoms with Gasteiger partial charge in [-0.3, -0.25) is 0 Å². The fourth-order valence-corrected chi connectivity index (χ4v) is 0.206. The number of hydrogen-bond acceptors (Lipinski definition) is 3. The van der Waals surface area contributed by atoms with Gasteiger partial charge >= 0.3 is 6.47 Å². The zero-order valence-electron chi connectivity index (χ0n) is 4.97. The Morgan fingerprint density at radius 3 is 2.38 bits per heavy atom. The van der Waals surface area contributed by atoms with E-state index in [1.807, 2.05) is 0 Å². The van der Waals surface area contributed by atoms with Crippen LogP contribution in [0.15, 0.2) is 0 Å². The molecule has 0 aromatic carbocycles. The fraction of sp³-hybridized carbons (Fsp3) is 0.800. The first kappa shape index (κ1) is 7.43. The lowest BCUT2D eigenvalue weighted by Crippen LogP contribution is -2.25. The number of ether oxygens (including phenoxy) is 1. The summed E-state index contributed by atoms with van der Waals surface area (Å²) >= 11 is 0. The molecule has 0 saturated heterocycles. The topological polar surface area (TPSA) is 46.5 Å². The first-order valence-electron chi connectivity index (χ1n) is 2.27. The maximum Gasteiger partial charge on any atom is 0.417 e. The smallest absolute Gasteiger partial charge is 0.417 e. The summed E-state index contributed by atoms with van der Waals surface area (Å²) in [6.45, 7) is 4.30. The molecule has 0 saturated carbocycles. The lowest BCUT2D eigenvalue weighted by molar-refractivity contribution is 0.0225. The molecule has 1 radical (unpaired) electrons. The lowest BCUT2D eigenvalue weighted by Gasteiger charge is -2.13. The second-order valence-electron chi connectivity index (χ2n) is 2.18. The second kappa shape index (κ2) is 2.67. The van der Waals surface area contributed by atoms with Crippen molar-refractivity contribution in [3.63, 3.8) is 0 Å². The van der Waals surface area contributed by atoms with Gasteiger partial charge in [0.05, 0.1) is 5.60 Å². The van der Waals surface area contributed by atoms with Crippen LogP contribution in [0.25, 0.3) is 0 Å². The Labute approximate surface area is 48.3 Å². The molecule has 0 atom stereocenters. The van der Waals surface area contributed by atoms with Crippen molar-refractivity contribution in [3.8, 4) is 0 Å². The molecule has 8 heavy (non-hydrogen) atoms. The van der Waals surface area contributed by atoms with E-state index in [2.05, 4.69) is 4.74 Å². The van der Waals surface area contributed by atoms with Crippen molar-refractivity contribution in [1.82, 2.24) is 0 Å². The minimum Gasteiger partial charge on any atom is -0.454 e. The SMILES string of the molecule is CC(C)(O)CO[C]=O. The molecule has 0 spiro atoms. The van der Waals surface area contributed by atoms with Crippen molar-refractivity contribution in [3.05, 3.63) is 0 Å². The molecule has 0 aliphatic heterocycles. The number of aliphatic hydroxyl groups is 1. The third kappa shape index (κ3) is 5.43. The first-order chi connectivity index (χ1) is 3.56. The maximum atomic E-state index is 9.39. The van der Waals surface area contributed by atoms with Crippen molar-refractivity contribution < 1.29 is 14.6 Å². The summed E-state index contributed by atoms with van der Waals surface area (Å²) in [7, 11) is 0. The molecule has 1 N–H and O–H groups in total. The molecule has 0 fully saturated rings. The molecule has 47 valence electrons. The fourth-order valence-electron chi connectivity index (χ4n) is 0.206. The molecule has 0 bridgehead atoms. The normalized spacial score (nSPS) is 10.9. The molecule has 3 nitrogen and oxygen atoms in total. The summed E-state index contributed by atoms with van der Waals surface area (Å²) < 4.78 is 4.14. The summed E-state index contributed by atoms with van der Waals surface area (Å²) in [4.78, 5) is 9.39. The predicted molar refractivity (Wildman–Crippen MR) is 27.9 cm³/mol. The number of rotatable bonds is 3. The highest BCUT2D eigenvalue weighted by Gasteiger charge is 2.11. The lowest BCUT2D eigenvalue weighted by atomic mass is 10.2. The van der Waals surface area contributed by atoms with E-state index in [0.29, 0.717) is 0 Å². The molecular weight excluding hydrogens is 108 g/mol. The Balaban J connectivity index is 3.24. The van der Waals surface area contributed by atoms with Crippen LogP contribution in [0.1, 0.15) is 13.8 Å². The number of hydrogen-bond donors (Lipinski definition) is 1. The van der Waals surface area contributed by atoms with Gasteiger partial charge in [-0.1, -0.05) is 0 Å². The van der Waals surface area contributed by atoms with E-state index in [-0.39, 0.29) is 6.61 Å². The van der Waals surface area contributed by atoms with E-state index < -0.39 is 5.60 Å². The van der Waals surface area contributed by atoms with Crippen LogP contribution in [0.2, 0.25) is 0 Å². The quantitative estimate of drug-likeness (QED) is 0.558. The summed E-state index contributed by atoms with van der Waals surface area (Å²) in [5, 5.41) is 8.84. The minimum absolute atomic E-state index is 0.00347. The Kier molecular flexibility index (Phi) is 2.48. The molecule has 0 heterocycles. The van der Waals surface area contributed by atoms with E-state index in [1.165, 1.54) is 6.47 Å². The maximum absolute atomic E-state index is 9.39. The van der Waals surface area contributed by atoms with Gasteiger partial charge < -0.3 is 9.84 Å². The molecule has 3 heteroatoms. The van der Waals surface area contributed by atoms with Crippen LogP contribution in [-0.2, 0) is 9.53 Å². The average Bonchev–Trinajstić information content (AvgIpc) is 1.59. The summed E-state index contributed by atoms with van der Waals surface area (Å²) in [6.07, 6.45) is 0. The first-order valence-corrected chi connectivity index (χ1v) is 2.27. The van der Waals surface area contributed by atoms with E-state index in [9.17, 15) is 4.79 Å². The Morgan fingerprint density at radius 1 is 1.75 bits per heavy atom. The monoisotopic (exact) mass is 117 g/mol.